The van der Waals surface area contributed by atoms with Crippen molar-refractivity contribution in [3.05, 3.63) is 0 Å². The Balaban J connectivity index is -0.000000107. The van der Waals surface area contributed by atoms with Crippen LogP contribution in [0.25, 0.3) is 0 Å². The molecule has 0 fully saturated rings. The molecule has 0 bridgehead atoms. The van der Waals surface area contributed by atoms with E-state index in [4.69, 9.17) is 30.8 Å². The van der Waals surface area contributed by atoms with Gasteiger partial charge in [0.25, 0.3) is 0 Å². The first-order valence-corrected chi connectivity index (χ1v) is 5.14. The van der Waals surface area contributed by atoms with E-state index in [1.54, 1.807) is 0 Å². The summed E-state index contributed by atoms with van der Waals surface area (Å²) in [6, 6.07) is 0. The van der Waals surface area contributed by atoms with Gasteiger partial charge >= 0.3 is 61.8 Å². The van der Waals surface area contributed by atoms with Crippen LogP contribution in [0.15, 0.2) is 0 Å². The van der Waals surface area contributed by atoms with Crippen molar-refractivity contribution < 1.29 is 82.2 Å². The monoisotopic (exact) mass is 250 g/mol. The van der Waals surface area contributed by atoms with Crippen molar-refractivity contribution >= 4 is 30.6 Å². The Morgan fingerprint density at radius 3 is 1.09 bits per heavy atom. The van der Waals surface area contributed by atoms with E-state index in [0.29, 0.717) is 0 Å². The molecule has 0 saturated heterocycles. The molecule has 0 aliphatic rings. The molecule has 0 aromatic carbocycles. The fourth-order valence-electron chi connectivity index (χ4n) is 0. The fourth-order valence-corrected chi connectivity index (χ4v) is 0. The molecule has 0 heterocycles. The summed E-state index contributed by atoms with van der Waals surface area (Å²) in [7, 11) is -8.75. The normalized spacial score (nSPS) is 14.9. The SMILES string of the molecule is O=S(=O)(O)O.O=S([O-])(O)=S.[K+]. The van der Waals surface area contributed by atoms with Gasteiger partial charge in [-0.25, -0.2) is 4.21 Å². The predicted octanol–water partition coefficient (Wildman–Crippen LogP) is -4.31. The molecule has 7 nitrogen and oxygen atoms in total. The quantitative estimate of drug-likeness (QED) is 0.290. The van der Waals surface area contributed by atoms with Crippen molar-refractivity contribution in [3.8, 4) is 0 Å². The van der Waals surface area contributed by atoms with Gasteiger partial charge in [0.05, 0.1) is 9.05 Å². The van der Waals surface area contributed by atoms with Gasteiger partial charge in [0.2, 0.25) is 0 Å². The summed E-state index contributed by atoms with van der Waals surface area (Å²) in [6.07, 6.45) is 0. The smallest absolute Gasteiger partial charge is 0.748 e. The third kappa shape index (κ3) is 351. The Hall–Kier alpha value is 1.80. The molecule has 0 aromatic rings. The van der Waals surface area contributed by atoms with Crippen molar-refractivity contribution in [3.63, 3.8) is 0 Å². The first-order valence-electron chi connectivity index (χ1n) is 1.38. The minimum absolute atomic E-state index is 0. The molecule has 0 spiro atoms. The third-order valence-corrected chi connectivity index (χ3v) is 0. The molecule has 0 aliphatic heterocycles. The average molecular weight is 250 g/mol. The summed E-state index contributed by atoms with van der Waals surface area (Å²) in [5, 5.41) is 0. The second kappa shape index (κ2) is 7.22. The zero-order valence-electron chi connectivity index (χ0n) is 5.20. The van der Waals surface area contributed by atoms with Crippen LogP contribution in [0.2, 0.25) is 0 Å². The first-order chi connectivity index (χ1) is 4.00. The zero-order chi connectivity index (χ0) is 9.00. The molecular formula is H3KO7S3. The Morgan fingerprint density at radius 2 is 1.09 bits per heavy atom. The van der Waals surface area contributed by atoms with Gasteiger partial charge in [-0.1, -0.05) is 0 Å². The molecular weight excluding hydrogens is 247 g/mol. The molecule has 0 radical (unpaired) electrons. The molecule has 3 N–H and O–H groups in total. The van der Waals surface area contributed by atoms with E-state index in [0.717, 1.165) is 0 Å². The van der Waals surface area contributed by atoms with Crippen molar-refractivity contribution in [2.75, 3.05) is 0 Å². The molecule has 0 rings (SSSR count). The molecule has 1 atom stereocenters. The third-order valence-electron chi connectivity index (χ3n) is 0. The summed E-state index contributed by atoms with van der Waals surface area (Å²) in [4.78, 5) is 0. The van der Waals surface area contributed by atoms with E-state index in [2.05, 4.69) is 11.2 Å². The second-order valence-electron chi connectivity index (χ2n) is 0.876. The molecule has 0 amide bonds. The van der Waals surface area contributed by atoms with Gasteiger partial charge in [-0.3, -0.25) is 9.11 Å². The number of hydrogen-bond acceptors (Lipinski definition) is 5. The Labute approximate surface area is 111 Å². The van der Waals surface area contributed by atoms with Gasteiger partial charge in [-0.15, -0.1) is 0 Å². The molecule has 11 heavy (non-hydrogen) atoms. The number of hydrogen-bond donors (Lipinski definition) is 3. The van der Waals surface area contributed by atoms with Gasteiger partial charge in [0.1, 0.15) is 0 Å². The molecule has 0 aromatic heterocycles. The van der Waals surface area contributed by atoms with Crippen LogP contribution in [-0.2, 0) is 30.6 Å². The summed E-state index contributed by atoms with van der Waals surface area (Å²) in [6.45, 7) is 0. The van der Waals surface area contributed by atoms with Crippen LogP contribution >= 0.6 is 0 Å². The van der Waals surface area contributed by atoms with Crippen LogP contribution in [0.5, 0.6) is 0 Å². The first kappa shape index (κ1) is 18.6. The van der Waals surface area contributed by atoms with Crippen molar-refractivity contribution in [2.24, 2.45) is 0 Å². The fraction of sp³-hybridized carbons (Fsp3) is 0. The van der Waals surface area contributed by atoms with Crippen LogP contribution in [0.1, 0.15) is 0 Å². The van der Waals surface area contributed by atoms with Gasteiger partial charge in [0.15, 0.2) is 0 Å². The van der Waals surface area contributed by atoms with E-state index >= 15 is 0 Å². The molecule has 64 valence electrons. The Bertz CT molecular complexity index is 210. The van der Waals surface area contributed by atoms with Crippen molar-refractivity contribution in [1.29, 1.82) is 0 Å². The molecule has 1 unspecified atom stereocenters. The van der Waals surface area contributed by atoms with Gasteiger partial charge in [0, 0.05) is 0 Å². The van der Waals surface area contributed by atoms with Crippen molar-refractivity contribution in [1.82, 2.24) is 0 Å². The Kier molecular flexibility index (Phi) is 12.2. The zero-order valence-corrected chi connectivity index (χ0v) is 10.8. The number of rotatable bonds is 0. The van der Waals surface area contributed by atoms with Gasteiger partial charge in [-0.05, 0) is 11.2 Å². The minimum atomic E-state index is -4.67. The van der Waals surface area contributed by atoms with Crippen LogP contribution in [0.3, 0.4) is 0 Å². The van der Waals surface area contributed by atoms with E-state index in [1.165, 1.54) is 0 Å². The molecule has 11 heteroatoms. The van der Waals surface area contributed by atoms with E-state index in [-0.39, 0.29) is 51.4 Å². The topological polar surface area (TPSA) is 135 Å². The van der Waals surface area contributed by atoms with E-state index in [1.807, 2.05) is 0 Å². The van der Waals surface area contributed by atoms with Crippen LogP contribution < -0.4 is 51.4 Å². The maximum absolute atomic E-state index is 9.00. The van der Waals surface area contributed by atoms with E-state index in [9.17, 15) is 0 Å². The molecule has 0 saturated carbocycles. The largest absolute Gasteiger partial charge is 1.00 e. The maximum atomic E-state index is 9.00. The van der Waals surface area contributed by atoms with Gasteiger partial charge < -0.3 is 9.11 Å². The summed E-state index contributed by atoms with van der Waals surface area (Å²) < 4.78 is 56.9. The standard InChI is InChI=1S/K.H2O4S.H2O3S2/c;2*1-5(2,3)4/h;2*(H2,1,2,3,4)/q+1;;/p-1. The second-order valence-corrected chi connectivity index (χ2v) is 3.89. The van der Waals surface area contributed by atoms with Crippen LogP contribution in [0, 0.1) is 0 Å². The minimum Gasteiger partial charge on any atom is -0.748 e. The van der Waals surface area contributed by atoms with Gasteiger partial charge in [-0.2, -0.15) is 8.42 Å². The molecule has 0 aliphatic carbocycles. The maximum Gasteiger partial charge on any atom is 1.00 e. The summed E-state index contributed by atoms with van der Waals surface area (Å²) >= 11 is 3.35. The summed E-state index contributed by atoms with van der Waals surface area (Å²) in [5.41, 5.74) is 0. The Morgan fingerprint density at radius 1 is 1.09 bits per heavy atom. The van der Waals surface area contributed by atoms with Crippen LogP contribution in [0.4, 0.5) is 0 Å². The van der Waals surface area contributed by atoms with E-state index < -0.39 is 19.5 Å². The van der Waals surface area contributed by atoms with Crippen LogP contribution in [-0.4, -0.2) is 30.8 Å². The van der Waals surface area contributed by atoms with Crippen molar-refractivity contribution in [2.45, 2.75) is 0 Å². The average Bonchev–Trinajstić information content (AvgIpc) is 1.12. The summed E-state index contributed by atoms with van der Waals surface area (Å²) in [5.74, 6) is 0. The predicted molar refractivity (Wildman–Crippen MR) is 33.1 cm³/mol.